The van der Waals surface area contributed by atoms with Gasteiger partial charge in [-0.05, 0) is 38.0 Å². The van der Waals surface area contributed by atoms with Crippen molar-refractivity contribution in [2.45, 2.75) is 38.0 Å². The van der Waals surface area contributed by atoms with Crippen LogP contribution in [-0.4, -0.2) is 88.5 Å². The number of nitrogens with zero attached hydrogens (tertiary/aromatic N) is 4. The second-order valence-corrected chi connectivity index (χ2v) is 9.22. The molecule has 0 radical (unpaired) electrons. The Bertz CT molecular complexity index is 849. The van der Waals surface area contributed by atoms with Crippen molar-refractivity contribution in [1.29, 1.82) is 0 Å². The Labute approximate surface area is 177 Å². The largest absolute Gasteiger partial charge is 0.360 e. The van der Waals surface area contributed by atoms with Gasteiger partial charge in [-0.1, -0.05) is 12.2 Å². The van der Waals surface area contributed by atoms with Crippen molar-refractivity contribution < 1.29 is 14.3 Å². The quantitative estimate of drug-likeness (QED) is 0.677. The number of rotatable bonds is 5. The Morgan fingerprint density at radius 1 is 1.23 bits per heavy atom. The van der Waals surface area contributed by atoms with Crippen LogP contribution in [0, 0.1) is 11.8 Å². The summed E-state index contributed by atoms with van der Waals surface area (Å²) in [7, 11) is 0. The number of likely N-dealkylation sites (tertiary alicyclic amines) is 1. The predicted molar refractivity (Wildman–Crippen MR) is 112 cm³/mol. The third-order valence-electron chi connectivity index (χ3n) is 7.24. The van der Waals surface area contributed by atoms with E-state index in [9.17, 15) is 9.59 Å². The number of carbonyl (C=O) groups is 2. The standard InChI is InChI=1S/C23H30N4O3/c1-16(2)25-11-13-26(14-12-25)21(28)19-18-3-7-23(30-18)15-27(22(29)20(19)23)10-6-17-4-8-24-9-5-17/h3-5,7-9,16,18-20H,6,10-15H2,1-2H3/t18-,19-,20-,23-/m0/s1. The van der Waals surface area contributed by atoms with Gasteiger partial charge in [0.25, 0.3) is 0 Å². The molecular weight excluding hydrogens is 380 g/mol. The van der Waals surface area contributed by atoms with Gasteiger partial charge in [-0.2, -0.15) is 0 Å². The summed E-state index contributed by atoms with van der Waals surface area (Å²) in [6.07, 6.45) is 8.10. The predicted octanol–water partition coefficient (Wildman–Crippen LogP) is 0.959. The molecule has 0 aliphatic carbocycles. The molecule has 2 amide bonds. The highest BCUT2D eigenvalue weighted by molar-refractivity contribution is 5.93. The number of hydrogen-bond donors (Lipinski definition) is 0. The van der Waals surface area contributed by atoms with Crippen LogP contribution in [0.25, 0.3) is 0 Å². The minimum atomic E-state index is -0.625. The smallest absolute Gasteiger partial charge is 0.230 e. The first-order chi connectivity index (χ1) is 14.5. The van der Waals surface area contributed by atoms with E-state index in [1.165, 1.54) is 0 Å². The van der Waals surface area contributed by atoms with Crippen molar-refractivity contribution in [3.05, 3.63) is 42.2 Å². The second-order valence-electron chi connectivity index (χ2n) is 9.22. The average molecular weight is 411 g/mol. The highest BCUT2D eigenvalue weighted by Gasteiger charge is 2.67. The van der Waals surface area contributed by atoms with Crippen LogP contribution in [0.4, 0.5) is 0 Å². The molecule has 0 N–H and O–H groups in total. The summed E-state index contributed by atoms with van der Waals surface area (Å²) in [5.41, 5.74) is 0.531. The molecule has 4 aliphatic rings. The Balaban J connectivity index is 1.28. The molecule has 3 saturated heterocycles. The second kappa shape index (κ2) is 7.46. The molecule has 1 spiro atoms. The van der Waals surface area contributed by atoms with Gasteiger partial charge in [-0.25, -0.2) is 0 Å². The number of carbonyl (C=O) groups excluding carboxylic acids is 2. The van der Waals surface area contributed by atoms with Crippen LogP contribution in [0.5, 0.6) is 0 Å². The van der Waals surface area contributed by atoms with Gasteiger partial charge in [0.15, 0.2) is 0 Å². The molecule has 7 heteroatoms. The molecule has 0 saturated carbocycles. The zero-order valence-electron chi connectivity index (χ0n) is 17.7. The van der Waals surface area contributed by atoms with Crippen LogP contribution >= 0.6 is 0 Å². The third-order valence-corrected chi connectivity index (χ3v) is 7.24. The van der Waals surface area contributed by atoms with Crippen molar-refractivity contribution in [1.82, 2.24) is 19.7 Å². The summed E-state index contributed by atoms with van der Waals surface area (Å²) in [5.74, 6) is -0.626. The SMILES string of the molecule is CC(C)N1CCN(C(=O)[C@H]2[C@@H]3C=C[C@@]4(CN(CCc5ccncc5)C(=O)[C@H]24)O3)CC1. The van der Waals surface area contributed by atoms with Crippen molar-refractivity contribution in [2.75, 3.05) is 39.3 Å². The summed E-state index contributed by atoms with van der Waals surface area (Å²) < 4.78 is 6.28. The summed E-state index contributed by atoms with van der Waals surface area (Å²) in [6.45, 7) is 8.78. The molecule has 30 heavy (non-hydrogen) atoms. The van der Waals surface area contributed by atoms with Gasteiger partial charge in [-0.15, -0.1) is 0 Å². The average Bonchev–Trinajstić information content (AvgIpc) is 3.40. The molecule has 160 valence electrons. The van der Waals surface area contributed by atoms with Gasteiger partial charge in [-0.3, -0.25) is 19.5 Å². The summed E-state index contributed by atoms with van der Waals surface area (Å²) in [4.78, 5) is 37.1. The van der Waals surface area contributed by atoms with Crippen LogP contribution in [-0.2, 0) is 20.7 Å². The summed E-state index contributed by atoms with van der Waals surface area (Å²) in [6, 6.07) is 4.44. The van der Waals surface area contributed by atoms with Gasteiger partial charge < -0.3 is 14.5 Å². The Hall–Kier alpha value is -2.25. The van der Waals surface area contributed by atoms with Crippen LogP contribution in [0.1, 0.15) is 19.4 Å². The van der Waals surface area contributed by atoms with Crippen molar-refractivity contribution in [3.63, 3.8) is 0 Å². The molecule has 3 fully saturated rings. The maximum Gasteiger partial charge on any atom is 0.230 e. The van der Waals surface area contributed by atoms with Crippen LogP contribution in [0.3, 0.4) is 0 Å². The lowest BCUT2D eigenvalue weighted by Crippen LogP contribution is -2.54. The lowest BCUT2D eigenvalue weighted by atomic mass is 9.76. The van der Waals surface area contributed by atoms with Gasteiger partial charge in [0.1, 0.15) is 5.60 Å². The van der Waals surface area contributed by atoms with Crippen molar-refractivity contribution >= 4 is 11.8 Å². The number of pyridine rings is 1. The summed E-state index contributed by atoms with van der Waals surface area (Å²) >= 11 is 0. The van der Waals surface area contributed by atoms with Gasteiger partial charge in [0.2, 0.25) is 11.8 Å². The molecule has 4 aliphatic heterocycles. The van der Waals surface area contributed by atoms with E-state index in [1.807, 2.05) is 34.1 Å². The lowest BCUT2D eigenvalue weighted by molar-refractivity contribution is -0.144. The van der Waals surface area contributed by atoms with E-state index in [4.69, 9.17) is 4.74 Å². The molecular formula is C23H30N4O3. The summed E-state index contributed by atoms with van der Waals surface area (Å²) in [5, 5.41) is 0. The van der Waals surface area contributed by atoms with E-state index in [1.54, 1.807) is 12.4 Å². The van der Waals surface area contributed by atoms with Crippen LogP contribution in [0.2, 0.25) is 0 Å². The zero-order chi connectivity index (χ0) is 20.9. The molecule has 5 rings (SSSR count). The monoisotopic (exact) mass is 410 g/mol. The van der Waals surface area contributed by atoms with Crippen molar-refractivity contribution in [3.8, 4) is 0 Å². The van der Waals surface area contributed by atoms with Crippen molar-refractivity contribution in [2.24, 2.45) is 11.8 Å². The zero-order valence-corrected chi connectivity index (χ0v) is 17.7. The Morgan fingerprint density at radius 2 is 1.97 bits per heavy atom. The van der Waals surface area contributed by atoms with Gasteiger partial charge in [0.05, 0.1) is 24.5 Å². The minimum Gasteiger partial charge on any atom is -0.360 e. The number of hydrogen-bond acceptors (Lipinski definition) is 5. The van der Waals surface area contributed by atoms with Crippen LogP contribution < -0.4 is 0 Å². The first-order valence-corrected chi connectivity index (χ1v) is 11.1. The number of ether oxygens (including phenoxy) is 1. The molecule has 1 aromatic heterocycles. The number of fused-ring (bicyclic) bond motifs is 1. The molecule has 4 atom stereocenters. The maximum atomic E-state index is 13.5. The van der Waals surface area contributed by atoms with Gasteiger partial charge in [0, 0.05) is 51.2 Å². The van der Waals surface area contributed by atoms with E-state index < -0.39 is 5.60 Å². The highest BCUT2D eigenvalue weighted by Crippen LogP contribution is 2.52. The Kier molecular flexibility index (Phi) is 4.90. The first kappa shape index (κ1) is 19.7. The number of amides is 2. The third kappa shape index (κ3) is 3.15. The Morgan fingerprint density at radius 3 is 2.67 bits per heavy atom. The van der Waals surface area contributed by atoms with E-state index in [2.05, 4.69) is 23.7 Å². The highest BCUT2D eigenvalue weighted by atomic mass is 16.5. The fraction of sp³-hybridized carbons (Fsp3) is 0.609. The minimum absolute atomic E-state index is 0.0649. The normalized spacial score (nSPS) is 33.0. The van der Waals surface area contributed by atoms with Crippen LogP contribution in [0.15, 0.2) is 36.7 Å². The molecule has 2 bridgehead atoms. The lowest BCUT2D eigenvalue weighted by Gasteiger charge is -2.39. The molecule has 5 heterocycles. The fourth-order valence-corrected chi connectivity index (χ4v) is 5.53. The first-order valence-electron chi connectivity index (χ1n) is 11.1. The number of piperazine rings is 1. The van der Waals surface area contributed by atoms with Gasteiger partial charge >= 0.3 is 0 Å². The molecule has 0 unspecified atom stereocenters. The maximum absolute atomic E-state index is 13.5. The van der Waals surface area contributed by atoms with E-state index in [0.717, 1.165) is 38.2 Å². The topological polar surface area (TPSA) is 66.0 Å². The van der Waals surface area contributed by atoms with E-state index >= 15 is 0 Å². The molecule has 1 aromatic rings. The molecule has 0 aromatic carbocycles. The van der Waals surface area contributed by atoms with E-state index in [-0.39, 0.29) is 29.8 Å². The van der Waals surface area contributed by atoms with E-state index in [0.29, 0.717) is 19.1 Å². The fourth-order valence-electron chi connectivity index (χ4n) is 5.53. The number of aromatic nitrogens is 1. The molecule has 7 nitrogen and oxygen atoms in total.